The number of amides is 1. The molecule has 36 heavy (non-hydrogen) atoms. The van der Waals surface area contributed by atoms with Crippen LogP contribution in [-0.4, -0.2) is 34.3 Å². The summed E-state index contributed by atoms with van der Waals surface area (Å²) in [6.07, 6.45) is 4.40. The molecule has 0 radical (unpaired) electrons. The number of nitrogens with zero attached hydrogens (tertiary/aromatic N) is 1. The van der Waals surface area contributed by atoms with E-state index in [1.807, 2.05) is 66.4 Å². The number of carbonyl (C=O) groups excluding carboxylic acids is 2. The normalized spacial score (nSPS) is 32.3. The standard InChI is InChI=1S/C31H28N2O2S/c34-28-23(18-21-10-3-1-4-11-21)14-9-17-30(28)27(22-12-5-2-6-13-22)26-19-36-20-33(26)31(30)24-15-7-8-16-25(24)32-29(31)35/h1-8,10-13,15-16,18,26-27H,9,14,17,19-20H2,(H,32,35)/t26-,27-,30-,31-/m0/s1. The quantitative estimate of drug-likeness (QED) is 0.458. The van der Waals surface area contributed by atoms with E-state index in [1.54, 1.807) is 0 Å². The zero-order chi connectivity index (χ0) is 24.3. The van der Waals surface area contributed by atoms with Gasteiger partial charge < -0.3 is 5.32 Å². The van der Waals surface area contributed by atoms with Crippen molar-refractivity contribution in [3.63, 3.8) is 0 Å². The summed E-state index contributed by atoms with van der Waals surface area (Å²) in [6.45, 7) is 0. The lowest BCUT2D eigenvalue weighted by atomic mass is 9.53. The van der Waals surface area contributed by atoms with Crippen molar-refractivity contribution in [2.75, 3.05) is 16.9 Å². The summed E-state index contributed by atoms with van der Waals surface area (Å²) in [6, 6.07) is 28.7. The van der Waals surface area contributed by atoms with Crippen molar-refractivity contribution in [2.24, 2.45) is 5.41 Å². The predicted octanol–water partition coefficient (Wildman–Crippen LogP) is 5.83. The second-order valence-electron chi connectivity index (χ2n) is 10.4. The number of rotatable bonds is 2. The number of benzene rings is 3. The van der Waals surface area contributed by atoms with Gasteiger partial charge in [-0.2, -0.15) is 0 Å². The van der Waals surface area contributed by atoms with Gasteiger partial charge in [-0.05, 0) is 48.1 Å². The Hall–Kier alpha value is -3.15. The van der Waals surface area contributed by atoms with E-state index in [0.29, 0.717) is 6.42 Å². The molecule has 2 saturated heterocycles. The molecule has 3 aromatic carbocycles. The van der Waals surface area contributed by atoms with Crippen molar-refractivity contribution in [1.29, 1.82) is 0 Å². The van der Waals surface area contributed by atoms with Crippen molar-refractivity contribution in [1.82, 2.24) is 4.90 Å². The van der Waals surface area contributed by atoms with Gasteiger partial charge >= 0.3 is 0 Å². The zero-order valence-corrected chi connectivity index (χ0v) is 20.8. The highest BCUT2D eigenvalue weighted by Gasteiger charge is 2.77. The van der Waals surface area contributed by atoms with Crippen molar-refractivity contribution in [3.05, 3.63) is 107 Å². The number of para-hydroxylation sites is 1. The van der Waals surface area contributed by atoms with Gasteiger partial charge in [-0.25, -0.2) is 0 Å². The van der Waals surface area contributed by atoms with Gasteiger partial charge in [0.2, 0.25) is 0 Å². The lowest BCUT2D eigenvalue weighted by Gasteiger charge is -2.49. The van der Waals surface area contributed by atoms with Crippen molar-refractivity contribution in [2.45, 2.75) is 36.8 Å². The number of fused-ring (bicyclic) bond motifs is 5. The van der Waals surface area contributed by atoms with Gasteiger partial charge in [0.1, 0.15) is 5.54 Å². The van der Waals surface area contributed by atoms with Crippen LogP contribution in [-0.2, 0) is 15.1 Å². The van der Waals surface area contributed by atoms with Gasteiger partial charge in [0.25, 0.3) is 5.91 Å². The molecule has 2 spiro atoms. The summed E-state index contributed by atoms with van der Waals surface area (Å²) < 4.78 is 0. The Morgan fingerprint density at radius 1 is 0.917 bits per heavy atom. The number of allylic oxidation sites excluding steroid dienone is 1. The van der Waals surface area contributed by atoms with E-state index >= 15 is 4.79 Å². The van der Waals surface area contributed by atoms with E-state index in [2.05, 4.69) is 46.6 Å². The number of ketones is 1. The molecule has 0 bridgehead atoms. The highest BCUT2D eigenvalue weighted by atomic mass is 32.2. The minimum atomic E-state index is -1.01. The predicted molar refractivity (Wildman–Crippen MR) is 145 cm³/mol. The monoisotopic (exact) mass is 492 g/mol. The lowest BCUT2D eigenvalue weighted by Crippen LogP contribution is -2.60. The average molecular weight is 493 g/mol. The average Bonchev–Trinajstić information content (AvgIpc) is 3.56. The fourth-order valence-corrected chi connectivity index (χ4v) is 8.93. The number of Topliss-reactive ketones (excluding diaryl/α,β-unsaturated/α-hetero) is 1. The largest absolute Gasteiger partial charge is 0.324 e. The first-order chi connectivity index (χ1) is 17.7. The molecule has 180 valence electrons. The molecular formula is C31H28N2O2S. The number of carbonyl (C=O) groups is 2. The van der Waals surface area contributed by atoms with Crippen LogP contribution in [0, 0.1) is 5.41 Å². The molecule has 1 N–H and O–H groups in total. The van der Waals surface area contributed by atoms with Crippen LogP contribution in [0.5, 0.6) is 0 Å². The molecule has 5 heteroatoms. The maximum atomic E-state index is 15.0. The topological polar surface area (TPSA) is 49.4 Å². The minimum Gasteiger partial charge on any atom is -0.324 e. The fourth-order valence-electron chi connectivity index (χ4n) is 7.63. The van der Waals surface area contributed by atoms with Crippen molar-refractivity contribution >= 4 is 35.2 Å². The number of nitrogens with one attached hydrogen (secondary N) is 1. The van der Waals surface area contributed by atoms with E-state index in [1.165, 1.54) is 5.56 Å². The van der Waals surface area contributed by atoms with Crippen LogP contribution in [0.25, 0.3) is 6.08 Å². The zero-order valence-electron chi connectivity index (χ0n) is 20.0. The molecule has 3 fully saturated rings. The summed E-state index contributed by atoms with van der Waals surface area (Å²) in [7, 11) is 0. The third-order valence-electron chi connectivity index (χ3n) is 8.82. The molecule has 4 aliphatic rings. The first kappa shape index (κ1) is 22.1. The summed E-state index contributed by atoms with van der Waals surface area (Å²) in [5.41, 5.74) is 2.99. The molecule has 1 aliphatic carbocycles. The molecule has 1 amide bonds. The van der Waals surface area contributed by atoms with Crippen LogP contribution in [0.4, 0.5) is 5.69 Å². The van der Waals surface area contributed by atoms with Crippen LogP contribution in [0.3, 0.4) is 0 Å². The Bertz CT molecular complexity index is 1390. The molecule has 3 aliphatic heterocycles. The molecular weight excluding hydrogens is 464 g/mol. The van der Waals surface area contributed by atoms with E-state index in [0.717, 1.165) is 46.9 Å². The van der Waals surface area contributed by atoms with Gasteiger partial charge in [-0.1, -0.05) is 78.9 Å². The lowest BCUT2D eigenvalue weighted by molar-refractivity contribution is -0.145. The molecule has 0 aromatic heterocycles. The van der Waals surface area contributed by atoms with E-state index < -0.39 is 11.0 Å². The highest BCUT2D eigenvalue weighted by molar-refractivity contribution is 7.99. The Labute approximate surface area is 215 Å². The number of anilines is 1. The second-order valence-corrected chi connectivity index (χ2v) is 11.4. The van der Waals surface area contributed by atoms with Gasteiger partial charge in [0, 0.05) is 34.8 Å². The number of hydrogen-bond acceptors (Lipinski definition) is 4. The van der Waals surface area contributed by atoms with E-state index in [9.17, 15) is 4.79 Å². The Morgan fingerprint density at radius 3 is 2.44 bits per heavy atom. The van der Waals surface area contributed by atoms with Gasteiger partial charge in [0.15, 0.2) is 5.78 Å². The van der Waals surface area contributed by atoms with Crippen LogP contribution in [0.1, 0.15) is 41.9 Å². The third kappa shape index (κ3) is 2.76. The molecule has 7 rings (SSSR count). The Kier molecular flexibility index (Phi) is 5.02. The highest BCUT2D eigenvalue weighted by Crippen LogP contribution is 2.70. The molecule has 3 aromatic rings. The molecule has 3 heterocycles. The van der Waals surface area contributed by atoms with Gasteiger partial charge in [0.05, 0.1) is 5.41 Å². The third-order valence-corrected chi connectivity index (χ3v) is 9.86. The first-order valence-corrected chi connectivity index (χ1v) is 13.9. The first-order valence-electron chi connectivity index (χ1n) is 12.8. The van der Waals surface area contributed by atoms with E-state index in [4.69, 9.17) is 0 Å². The van der Waals surface area contributed by atoms with E-state index in [-0.39, 0.29) is 23.7 Å². The maximum absolute atomic E-state index is 15.0. The fraction of sp³-hybridized carbons (Fsp3) is 0.290. The Balaban J connectivity index is 1.52. The number of hydrogen-bond donors (Lipinski definition) is 1. The summed E-state index contributed by atoms with van der Waals surface area (Å²) >= 11 is 1.87. The minimum absolute atomic E-state index is 0.0380. The van der Waals surface area contributed by atoms with Crippen LogP contribution < -0.4 is 5.32 Å². The van der Waals surface area contributed by atoms with Crippen LogP contribution in [0.2, 0.25) is 0 Å². The van der Waals surface area contributed by atoms with Crippen LogP contribution >= 0.6 is 11.8 Å². The summed E-state index contributed by atoms with van der Waals surface area (Å²) in [5.74, 6) is 1.73. The van der Waals surface area contributed by atoms with Crippen molar-refractivity contribution < 1.29 is 9.59 Å². The Morgan fingerprint density at radius 2 is 1.64 bits per heavy atom. The van der Waals surface area contributed by atoms with Gasteiger partial charge in [-0.3, -0.25) is 14.5 Å². The number of thioether (sulfide) groups is 1. The SMILES string of the molecule is O=C1Nc2ccccc2[C@]12N1CSC[C@H]1[C@H](c1ccccc1)[C@]21CCCC(=Cc2ccccc2)C1=O. The summed E-state index contributed by atoms with van der Waals surface area (Å²) in [5, 5.41) is 3.21. The maximum Gasteiger partial charge on any atom is 0.250 e. The summed E-state index contributed by atoms with van der Waals surface area (Å²) in [4.78, 5) is 31.7. The molecule has 4 nitrogen and oxygen atoms in total. The molecule has 1 saturated carbocycles. The molecule has 0 unspecified atom stereocenters. The molecule has 4 atom stereocenters. The van der Waals surface area contributed by atoms with Gasteiger partial charge in [-0.15, -0.1) is 11.8 Å². The van der Waals surface area contributed by atoms with Crippen LogP contribution in [0.15, 0.2) is 90.5 Å². The van der Waals surface area contributed by atoms with Crippen molar-refractivity contribution in [3.8, 4) is 0 Å². The smallest absolute Gasteiger partial charge is 0.250 e. The second kappa shape index (κ2) is 8.19.